The van der Waals surface area contributed by atoms with Crippen molar-refractivity contribution in [3.05, 3.63) is 0 Å². The molecule has 1 aliphatic heterocycles. The number of amides is 1. The van der Waals surface area contributed by atoms with E-state index in [-0.39, 0.29) is 19.0 Å². The number of hydrogen-bond acceptors (Lipinski definition) is 3. The first-order valence-corrected chi connectivity index (χ1v) is 4.07. The molecule has 6 heteroatoms. The Morgan fingerprint density at radius 1 is 1.43 bits per heavy atom. The molecule has 1 heterocycles. The number of nitrogens with one attached hydrogen (secondary N) is 1. The minimum Gasteiger partial charge on any atom is -0.375 e. The van der Waals surface area contributed by atoms with Crippen molar-refractivity contribution in [1.29, 1.82) is 0 Å². The van der Waals surface area contributed by atoms with Gasteiger partial charge in [0.05, 0.1) is 13.2 Å². The van der Waals surface area contributed by atoms with Crippen LogP contribution < -0.4 is 5.32 Å². The second-order valence-corrected chi connectivity index (χ2v) is 3.47. The molecule has 4 nitrogen and oxygen atoms in total. The van der Waals surface area contributed by atoms with Gasteiger partial charge in [-0.25, -0.2) is 0 Å². The van der Waals surface area contributed by atoms with E-state index < -0.39 is 17.4 Å². The van der Waals surface area contributed by atoms with Crippen LogP contribution in [0.2, 0.25) is 0 Å². The summed E-state index contributed by atoms with van der Waals surface area (Å²) in [6, 6.07) is 0. The zero-order chi connectivity index (χ0) is 11.0. The smallest absolute Gasteiger partial charge is 0.321 e. The average molecular weight is 207 g/mol. The number of alkyl halides is 2. The van der Waals surface area contributed by atoms with Crippen LogP contribution in [0.4, 0.5) is 8.78 Å². The molecule has 0 aromatic carbocycles. The van der Waals surface area contributed by atoms with E-state index in [1.165, 1.54) is 6.92 Å². The molecule has 1 amide bonds. The minimum atomic E-state index is -3.47. The maximum Gasteiger partial charge on any atom is 0.321 e. The van der Waals surface area contributed by atoms with Gasteiger partial charge in [0.2, 0.25) is 0 Å². The molecule has 1 N–H and O–H groups in total. The Morgan fingerprint density at radius 2 is 1.93 bits per heavy atom. The summed E-state index contributed by atoms with van der Waals surface area (Å²) >= 11 is 0. The van der Waals surface area contributed by atoms with Gasteiger partial charge in [0.15, 0.2) is 5.78 Å². The van der Waals surface area contributed by atoms with Crippen LogP contribution in [0.5, 0.6) is 0 Å². The number of carbonyl (C=O) groups is 2. The van der Waals surface area contributed by atoms with Crippen molar-refractivity contribution in [2.24, 2.45) is 0 Å². The van der Waals surface area contributed by atoms with Gasteiger partial charge in [0, 0.05) is 6.92 Å². The van der Waals surface area contributed by atoms with E-state index in [0.717, 1.165) is 0 Å². The van der Waals surface area contributed by atoms with Crippen LogP contribution in [0.3, 0.4) is 0 Å². The first-order valence-electron chi connectivity index (χ1n) is 4.07. The Hall–Kier alpha value is -1.04. The van der Waals surface area contributed by atoms with Crippen molar-refractivity contribution in [3.63, 3.8) is 0 Å². The highest BCUT2D eigenvalue weighted by Crippen LogP contribution is 2.21. The summed E-state index contributed by atoms with van der Waals surface area (Å²) in [5.74, 6) is -5.30. The van der Waals surface area contributed by atoms with Crippen molar-refractivity contribution in [3.8, 4) is 0 Å². The lowest BCUT2D eigenvalue weighted by atomic mass is 9.92. The van der Waals surface area contributed by atoms with Gasteiger partial charge in [-0.3, -0.25) is 9.59 Å². The number of ketones is 1. The van der Waals surface area contributed by atoms with Gasteiger partial charge in [-0.15, -0.1) is 0 Å². The van der Waals surface area contributed by atoms with Crippen molar-refractivity contribution < 1.29 is 23.1 Å². The van der Waals surface area contributed by atoms with E-state index in [1.807, 2.05) is 5.32 Å². The number of halogens is 2. The summed E-state index contributed by atoms with van der Waals surface area (Å²) in [6.07, 6.45) is 0. The van der Waals surface area contributed by atoms with E-state index in [9.17, 15) is 18.4 Å². The fraction of sp³-hybridized carbons (Fsp3) is 0.750. The second kappa shape index (κ2) is 3.27. The lowest BCUT2D eigenvalue weighted by Gasteiger charge is -2.40. The molecular weight excluding hydrogens is 196 g/mol. The molecule has 0 spiro atoms. The molecule has 1 fully saturated rings. The largest absolute Gasteiger partial charge is 0.375 e. The zero-order valence-corrected chi connectivity index (χ0v) is 7.89. The third kappa shape index (κ3) is 1.89. The minimum absolute atomic E-state index is 0.0375. The molecule has 0 bridgehead atoms. The molecule has 0 unspecified atom stereocenters. The zero-order valence-electron chi connectivity index (χ0n) is 7.89. The number of ether oxygens (including phenoxy) is 1. The highest BCUT2D eigenvalue weighted by atomic mass is 19.3. The van der Waals surface area contributed by atoms with Gasteiger partial charge in [0.25, 0.3) is 5.91 Å². The molecule has 0 aliphatic carbocycles. The van der Waals surface area contributed by atoms with Crippen LogP contribution in [0.15, 0.2) is 0 Å². The summed E-state index contributed by atoms with van der Waals surface area (Å²) in [7, 11) is 0. The fourth-order valence-corrected chi connectivity index (χ4v) is 0.997. The molecule has 0 aromatic heterocycles. The van der Waals surface area contributed by atoms with Crippen LogP contribution in [0.25, 0.3) is 0 Å². The number of Topliss-reactive ketones (excluding diaryl/α,β-unsaturated/α-hetero) is 1. The molecule has 14 heavy (non-hydrogen) atoms. The lowest BCUT2D eigenvalue weighted by molar-refractivity contribution is -0.160. The molecule has 0 radical (unpaired) electrons. The van der Waals surface area contributed by atoms with Gasteiger partial charge in [-0.05, 0) is 6.92 Å². The van der Waals surface area contributed by atoms with E-state index in [1.54, 1.807) is 0 Å². The Balaban J connectivity index is 2.67. The third-order valence-electron chi connectivity index (χ3n) is 2.12. The Morgan fingerprint density at radius 3 is 2.14 bits per heavy atom. The van der Waals surface area contributed by atoms with Gasteiger partial charge in [-0.2, -0.15) is 8.78 Å². The molecule has 80 valence electrons. The van der Waals surface area contributed by atoms with Gasteiger partial charge in [0.1, 0.15) is 5.54 Å². The standard InChI is InChI=1S/C8H11F2NO3/c1-5(12)8(3-14-4-8)11-6(13)7(2,9)10/h3-4H2,1-2H3,(H,11,13). The van der Waals surface area contributed by atoms with Crippen LogP contribution in [-0.4, -0.2) is 36.4 Å². The predicted octanol–water partition coefficient (Wildman–Crippen LogP) is 0.116. The van der Waals surface area contributed by atoms with Crippen molar-refractivity contribution in [1.82, 2.24) is 5.32 Å². The van der Waals surface area contributed by atoms with Gasteiger partial charge in [-0.1, -0.05) is 0 Å². The molecule has 1 aliphatic rings. The Kier molecular flexibility index (Phi) is 2.58. The van der Waals surface area contributed by atoms with Gasteiger partial charge < -0.3 is 10.1 Å². The van der Waals surface area contributed by atoms with Crippen molar-refractivity contribution in [2.75, 3.05) is 13.2 Å². The molecule has 1 saturated heterocycles. The van der Waals surface area contributed by atoms with Gasteiger partial charge >= 0.3 is 5.92 Å². The molecule has 0 saturated carbocycles. The van der Waals surface area contributed by atoms with Crippen LogP contribution in [-0.2, 0) is 14.3 Å². The van der Waals surface area contributed by atoms with E-state index in [4.69, 9.17) is 4.74 Å². The first-order chi connectivity index (χ1) is 6.28. The first kappa shape index (κ1) is 11.0. The molecule has 1 rings (SSSR count). The molecule has 0 aromatic rings. The monoisotopic (exact) mass is 207 g/mol. The fourth-order valence-electron chi connectivity index (χ4n) is 0.997. The lowest BCUT2D eigenvalue weighted by Crippen LogP contribution is -2.68. The van der Waals surface area contributed by atoms with Crippen molar-refractivity contribution in [2.45, 2.75) is 25.3 Å². The van der Waals surface area contributed by atoms with Crippen molar-refractivity contribution >= 4 is 11.7 Å². The Labute approximate surface area is 79.6 Å². The summed E-state index contributed by atoms with van der Waals surface area (Å²) in [4.78, 5) is 22.0. The second-order valence-electron chi connectivity index (χ2n) is 3.47. The summed E-state index contributed by atoms with van der Waals surface area (Å²) in [5, 5.41) is 2.01. The quantitative estimate of drug-likeness (QED) is 0.714. The molecule has 0 atom stereocenters. The maximum absolute atomic E-state index is 12.5. The number of hydrogen-bond donors (Lipinski definition) is 1. The summed E-state index contributed by atoms with van der Waals surface area (Å²) < 4.78 is 29.7. The van der Waals surface area contributed by atoms with E-state index in [2.05, 4.69) is 0 Å². The molecular formula is C8H11F2NO3. The SMILES string of the molecule is CC(=O)C1(NC(=O)C(C)(F)F)COC1. The highest BCUT2D eigenvalue weighted by Gasteiger charge is 2.48. The van der Waals surface area contributed by atoms with Crippen LogP contribution >= 0.6 is 0 Å². The van der Waals surface area contributed by atoms with E-state index in [0.29, 0.717) is 6.92 Å². The predicted molar refractivity (Wildman–Crippen MR) is 43.0 cm³/mol. The number of rotatable bonds is 3. The summed E-state index contributed by atoms with van der Waals surface area (Å²) in [6.45, 7) is 1.64. The summed E-state index contributed by atoms with van der Waals surface area (Å²) in [5.41, 5.74) is -1.24. The van der Waals surface area contributed by atoms with Crippen LogP contribution in [0.1, 0.15) is 13.8 Å². The topological polar surface area (TPSA) is 55.4 Å². The van der Waals surface area contributed by atoms with E-state index >= 15 is 0 Å². The third-order valence-corrected chi connectivity index (χ3v) is 2.12. The average Bonchev–Trinajstić information content (AvgIpc) is 1.93. The Bertz CT molecular complexity index is 268. The maximum atomic E-state index is 12.5. The number of carbonyl (C=O) groups excluding carboxylic acids is 2. The highest BCUT2D eigenvalue weighted by molar-refractivity contribution is 5.94. The van der Waals surface area contributed by atoms with Crippen LogP contribution in [0, 0.1) is 0 Å². The normalized spacial score (nSPS) is 19.7.